The second kappa shape index (κ2) is 16.0. The number of aryl methyl sites for hydroxylation is 1. The molecule has 0 unspecified atom stereocenters. The number of nitrogens with zero attached hydrogens (tertiary/aromatic N) is 2. The molecular formula is C48H56N2O4. The molecule has 1 amide bonds. The van der Waals surface area contributed by atoms with Gasteiger partial charge in [-0.05, 0) is 74.1 Å². The largest absolute Gasteiger partial charge is 0.508 e. The minimum atomic E-state index is -0.299. The number of aromatic hydroxyl groups is 1. The third-order valence-electron chi connectivity index (χ3n) is 13.3. The van der Waals surface area contributed by atoms with Crippen LogP contribution in [0.3, 0.4) is 0 Å². The molecule has 6 nitrogen and oxygen atoms in total. The van der Waals surface area contributed by atoms with E-state index in [1.807, 2.05) is 6.08 Å². The van der Waals surface area contributed by atoms with E-state index in [1.165, 1.54) is 29.5 Å². The van der Waals surface area contributed by atoms with Gasteiger partial charge in [-0.25, -0.2) is 0 Å². The van der Waals surface area contributed by atoms with Crippen LogP contribution in [0.4, 0.5) is 0 Å². The summed E-state index contributed by atoms with van der Waals surface area (Å²) in [5.74, 6) is 2.28. The molecule has 5 atom stereocenters. The molecule has 6 heteroatoms. The topological polar surface area (TPSA) is 62.2 Å². The number of carbonyl (C=O) groups is 1. The van der Waals surface area contributed by atoms with E-state index in [0.29, 0.717) is 30.4 Å². The molecule has 2 heterocycles. The van der Waals surface area contributed by atoms with Crippen LogP contribution in [-0.4, -0.2) is 65.7 Å². The molecule has 1 saturated carbocycles. The Balaban J connectivity index is 1.10. The van der Waals surface area contributed by atoms with Crippen LogP contribution < -0.4 is 9.47 Å². The molecule has 4 aromatic carbocycles. The number of rotatable bonds is 16. The molecule has 2 bridgehead atoms. The first kappa shape index (κ1) is 36.4. The molecule has 54 heavy (non-hydrogen) atoms. The predicted molar refractivity (Wildman–Crippen MR) is 215 cm³/mol. The summed E-state index contributed by atoms with van der Waals surface area (Å²) in [4.78, 5) is 19.7. The Morgan fingerprint density at radius 2 is 1.63 bits per heavy atom. The first-order valence-corrected chi connectivity index (χ1v) is 20.4. The highest BCUT2D eigenvalue weighted by molar-refractivity contribution is 5.77. The fourth-order valence-corrected chi connectivity index (χ4v) is 10.8. The van der Waals surface area contributed by atoms with Crippen molar-refractivity contribution in [2.24, 2.45) is 5.92 Å². The van der Waals surface area contributed by atoms with E-state index in [4.69, 9.17) is 9.47 Å². The van der Waals surface area contributed by atoms with Crippen LogP contribution in [0, 0.1) is 5.92 Å². The smallest absolute Gasteiger partial charge is 0.222 e. The van der Waals surface area contributed by atoms with Crippen molar-refractivity contribution in [3.63, 3.8) is 0 Å². The van der Waals surface area contributed by atoms with Crippen LogP contribution in [-0.2, 0) is 23.1 Å². The van der Waals surface area contributed by atoms with Gasteiger partial charge in [0.15, 0.2) is 11.5 Å². The molecule has 282 valence electrons. The Hall–Kier alpha value is -4.55. The molecule has 2 aliphatic heterocycles. The van der Waals surface area contributed by atoms with Gasteiger partial charge < -0.3 is 19.5 Å². The van der Waals surface area contributed by atoms with Gasteiger partial charge in [0.2, 0.25) is 5.91 Å². The van der Waals surface area contributed by atoms with Gasteiger partial charge in [0.1, 0.15) is 11.9 Å². The zero-order valence-corrected chi connectivity index (χ0v) is 31.9. The third-order valence-corrected chi connectivity index (χ3v) is 13.3. The molecule has 8 rings (SSSR count). The fourth-order valence-electron chi connectivity index (χ4n) is 10.8. The van der Waals surface area contributed by atoms with Crippen LogP contribution in [0.5, 0.6) is 17.2 Å². The third kappa shape index (κ3) is 6.72. The number of hydrogen-bond acceptors (Lipinski definition) is 5. The van der Waals surface area contributed by atoms with Crippen molar-refractivity contribution in [3.8, 4) is 17.2 Å². The number of methoxy groups -OCH3 is 1. The molecule has 1 N–H and O–H groups in total. The quantitative estimate of drug-likeness (QED) is 0.0923. The number of phenols is 1. The molecule has 1 spiro atoms. The maximum atomic E-state index is 14.9. The van der Waals surface area contributed by atoms with E-state index in [0.717, 1.165) is 81.3 Å². The SMILES string of the molecule is C=CCN1CC[C@]23c4c5c(O)cc(OC)c4O[C@H]2[C@@H](N(CC(c2ccccc2)c2ccccc2)C(=O)CCCCCCCc2ccccc2)CC[C@H]3[C@H]1C5. The van der Waals surface area contributed by atoms with Crippen molar-refractivity contribution in [3.05, 3.63) is 138 Å². The maximum absolute atomic E-state index is 14.9. The monoisotopic (exact) mass is 724 g/mol. The number of unbranched alkanes of at least 4 members (excludes halogenated alkanes) is 4. The van der Waals surface area contributed by atoms with Crippen molar-refractivity contribution in [1.29, 1.82) is 0 Å². The Bertz CT molecular complexity index is 1860. The number of likely N-dealkylation sites (tertiary alicyclic amines) is 1. The van der Waals surface area contributed by atoms with Crippen molar-refractivity contribution < 1.29 is 19.4 Å². The lowest BCUT2D eigenvalue weighted by Crippen LogP contribution is -2.69. The minimum Gasteiger partial charge on any atom is -0.508 e. The highest BCUT2D eigenvalue weighted by atomic mass is 16.5. The average Bonchev–Trinajstić information content (AvgIpc) is 3.55. The molecular weight excluding hydrogens is 669 g/mol. The number of ether oxygens (including phenoxy) is 2. The normalized spacial score (nSPS) is 23.7. The van der Waals surface area contributed by atoms with Crippen molar-refractivity contribution in [1.82, 2.24) is 9.80 Å². The number of carbonyl (C=O) groups excluding carboxylic acids is 1. The molecule has 4 aliphatic rings. The number of benzene rings is 4. The van der Waals surface area contributed by atoms with Crippen molar-refractivity contribution >= 4 is 5.91 Å². The van der Waals surface area contributed by atoms with E-state index in [-0.39, 0.29) is 35.4 Å². The highest BCUT2D eigenvalue weighted by Gasteiger charge is 2.67. The minimum absolute atomic E-state index is 0.0241. The Morgan fingerprint density at radius 3 is 2.31 bits per heavy atom. The van der Waals surface area contributed by atoms with E-state index in [1.54, 1.807) is 13.2 Å². The molecule has 4 aromatic rings. The standard InChI is InChI=1S/C48H56N2O4/c1-3-29-49-30-28-48-39-26-27-40(47(48)54-46-43(53-2)32-42(51)37(45(46)48)31-41(39)49)50(33-38(35-21-13-8-14-22-35)36-23-15-9-16-24-36)44(52)25-17-6-4-5-10-18-34-19-11-7-12-20-34/h3,7-9,11-16,19-24,32,38-41,47,51H,1,4-6,10,17-18,25-31,33H2,2H3/t39-,40-,41+,47-,48-/m0/s1. The summed E-state index contributed by atoms with van der Waals surface area (Å²) in [5, 5.41) is 11.5. The molecule has 2 fully saturated rings. The Labute approximate surface area is 321 Å². The number of amides is 1. The summed E-state index contributed by atoms with van der Waals surface area (Å²) in [6.45, 7) is 6.44. The van der Waals surface area contributed by atoms with Crippen LogP contribution in [0.15, 0.2) is 110 Å². The lowest BCUT2D eigenvalue weighted by Gasteiger charge is -2.60. The zero-order valence-electron chi connectivity index (χ0n) is 31.9. The van der Waals surface area contributed by atoms with Crippen LogP contribution >= 0.6 is 0 Å². The molecule has 1 saturated heterocycles. The van der Waals surface area contributed by atoms with Crippen molar-refractivity contribution in [2.75, 3.05) is 26.7 Å². The van der Waals surface area contributed by atoms with Gasteiger partial charge in [0.05, 0.1) is 13.2 Å². The second-order valence-corrected chi connectivity index (χ2v) is 16.1. The predicted octanol–water partition coefficient (Wildman–Crippen LogP) is 9.24. The number of piperidine rings is 1. The molecule has 0 radical (unpaired) electrons. The van der Waals surface area contributed by atoms with E-state index < -0.39 is 0 Å². The average molecular weight is 725 g/mol. The summed E-state index contributed by atoms with van der Waals surface area (Å²) < 4.78 is 13.1. The summed E-state index contributed by atoms with van der Waals surface area (Å²) >= 11 is 0. The second-order valence-electron chi connectivity index (χ2n) is 16.1. The number of phenolic OH excluding ortho intramolecular Hbond substituents is 1. The Kier molecular flexibility index (Phi) is 10.8. The number of hydrogen-bond donors (Lipinski definition) is 1. The van der Waals surface area contributed by atoms with Gasteiger partial charge in [0.25, 0.3) is 0 Å². The van der Waals surface area contributed by atoms with E-state index in [2.05, 4.69) is 107 Å². The maximum Gasteiger partial charge on any atom is 0.222 e. The lowest BCUT2D eigenvalue weighted by atomic mass is 9.50. The van der Waals surface area contributed by atoms with E-state index >= 15 is 0 Å². The fraction of sp³-hybridized carbons (Fsp3) is 0.438. The van der Waals surface area contributed by atoms with Gasteiger partial charge in [0, 0.05) is 54.1 Å². The van der Waals surface area contributed by atoms with Crippen LogP contribution in [0.2, 0.25) is 0 Å². The van der Waals surface area contributed by atoms with Crippen LogP contribution in [0.25, 0.3) is 0 Å². The first-order valence-electron chi connectivity index (χ1n) is 20.4. The van der Waals surface area contributed by atoms with E-state index in [9.17, 15) is 9.90 Å². The van der Waals surface area contributed by atoms with Gasteiger partial charge in [-0.3, -0.25) is 9.69 Å². The van der Waals surface area contributed by atoms with Gasteiger partial charge in [-0.1, -0.05) is 116 Å². The summed E-state index contributed by atoms with van der Waals surface area (Å²) in [6.07, 6.45) is 12.5. The summed E-state index contributed by atoms with van der Waals surface area (Å²) in [7, 11) is 1.66. The molecule has 2 aliphatic carbocycles. The van der Waals surface area contributed by atoms with Crippen LogP contribution in [0.1, 0.15) is 91.5 Å². The molecule has 0 aromatic heterocycles. The van der Waals surface area contributed by atoms with Gasteiger partial charge >= 0.3 is 0 Å². The van der Waals surface area contributed by atoms with Gasteiger partial charge in [-0.15, -0.1) is 6.58 Å². The van der Waals surface area contributed by atoms with Gasteiger partial charge in [-0.2, -0.15) is 0 Å². The highest BCUT2D eigenvalue weighted by Crippen LogP contribution is 2.65. The Morgan fingerprint density at radius 1 is 0.963 bits per heavy atom. The zero-order chi connectivity index (χ0) is 37.1. The summed E-state index contributed by atoms with van der Waals surface area (Å²) in [6, 6.07) is 34.0. The first-order chi connectivity index (χ1) is 26.5. The lowest BCUT2D eigenvalue weighted by molar-refractivity contribution is -0.143. The summed E-state index contributed by atoms with van der Waals surface area (Å²) in [5.41, 5.74) is 5.68. The van der Waals surface area contributed by atoms with Crippen molar-refractivity contribution in [2.45, 2.75) is 100 Å².